The summed E-state index contributed by atoms with van der Waals surface area (Å²) in [4.78, 5) is 29.8. The van der Waals surface area contributed by atoms with Crippen molar-refractivity contribution in [1.82, 2.24) is 29.9 Å². The van der Waals surface area contributed by atoms with Crippen LogP contribution in [0.15, 0.2) is 306 Å². The molecule has 2 N–H and O–H groups in total. The number of nitrogens with zero attached hydrogens (tertiary/aromatic N) is 6. The summed E-state index contributed by atoms with van der Waals surface area (Å²) < 4.78 is 1.93. The molecule has 0 fully saturated rings. The summed E-state index contributed by atoms with van der Waals surface area (Å²) in [5.74, 6) is 3.90. The average molecular weight is 1410 g/mol. The van der Waals surface area contributed by atoms with Crippen molar-refractivity contribution in [3.05, 3.63) is 328 Å². The van der Waals surface area contributed by atoms with Crippen LogP contribution in [0, 0.1) is 27.7 Å². The number of fused-ring (bicyclic) bond motifs is 9. The minimum absolute atomic E-state index is 0.555. The Balaban J connectivity index is 0.000000146. The van der Waals surface area contributed by atoms with Crippen molar-refractivity contribution in [3.63, 3.8) is 0 Å². The van der Waals surface area contributed by atoms with Crippen molar-refractivity contribution >= 4 is 109 Å². The van der Waals surface area contributed by atoms with Crippen LogP contribution in [0.2, 0.25) is 0 Å². The number of hydrogen-bond donors (Lipinski definition) is 2. The van der Waals surface area contributed by atoms with Gasteiger partial charge in [0, 0.05) is 42.3 Å². The summed E-state index contributed by atoms with van der Waals surface area (Å²) in [7, 11) is -1.44. The van der Waals surface area contributed by atoms with Crippen LogP contribution < -0.4 is 5.46 Å². The lowest BCUT2D eigenvalue weighted by Gasteiger charge is -2.16. The van der Waals surface area contributed by atoms with Crippen molar-refractivity contribution in [2.24, 2.45) is 0 Å². The minimum Gasteiger partial charge on any atom is -0.423 e. The second kappa shape index (κ2) is 27.7. The lowest BCUT2D eigenvalue weighted by molar-refractivity contribution is 0.426. The molecule has 15 aromatic carbocycles. The summed E-state index contributed by atoms with van der Waals surface area (Å²) in [6.45, 7) is 8.33. The normalized spacial score (nSPS) is 11.2. The Morgan fingerprint density at radius 2 is 0.485 bits per heavy atom. The first-order chi connectivity index (χ1) is 48.3. The predicted octanol–water partition coefficient (Wildman–Crippen LogP) is 22.1. The van der Waals surface area contributed by atoms with E-state index in [9.17, 15) is 10.0 Å². The zero-order valence-electron chi connectivity index (χ0n) is 54.7. The Morgan fingerprint density at radius 1 is 0.232 bits per heavy atom. The van der Waals surface area contributed by atoms with E-state index in [-0.39, 0.29) is 0 Å². The fraction of sp³-hybridized carbons (Fsp3) is 0.0455. The Labute approximate surface area is 591 Å². The van der Waals surface area contributed by atoms with Gasteiger partial charge in [0.15, 0.2) is 34.9 Å². The molecule has 0 saturated carbocycles. The third-order valence-corrected chi connectivity index (χ3v) is 19.0. The number of hydrogen-bond acceptors (Lipinski definition) is 8. The maximum absolute atomic E-state index is 9.44. The van der Waals surface area contributed by atoms with Gasteiger partial charge in [0.25, 0.3) is 0 Å². The van der Waals surface area contributed by atoms with E-state index < -0.39 is 7.12 Å². The van der Waals surface area contributed by atoms with Crippen LogP contribution in [0.4, 0.5) is 0 Å². The van der Waals surface area contributed by atoms with Crippen molar-refractivity contribution < 1.29 is 10.0 Å². The van der Waals surface area contributed by atoms with Crippen LogP contribution in [-0.2, 0) is 0 Å². The van der Waals surface area contributed by atoms with E-state index in [0.717, 1.165) is 75.0 Å². The molecule has 2 aromatic heterocycles. The minimum atomic E-state index is -1.44. The molecular weight excluding hydrogens is 1340 g/mol. The van der Waals surface area contributed by atoms with Gasteiger partial charge in [-0.15, -0.1) is 0 Å². The lowest BCUT2D eigenvalue weighted by atomic mass is 9.76. The second-order valence-corrected chi connectivity index (χ2v) is 26.9. The van der Waals surface area contributed by atoms with Gasteiger partial charge < -0.3 is 10.0 Å². The molecule has 0 radical (unpaired) electrons. The molecule has 474 valence electrons. The monoisotopic (exact) mass is 1400 g/mol. The molecule has 0 amide bonds. The number of rotatable bonds is 9. The van der Waals surface area contributed by atoms with Gasteiger partial charge in [-0.25, -0.2) is 29.9 Å². The highest BCUT2D eigenvalue weighted by atomic mass is 79.9. The zero-order valence-corrected chi connectivity index (χ0v) is 57.9. The molecule has 17 aromatic rings. The van der Waals surface area contributed by atoms with E-state index in [1.54, 1.807) is 0 Å². The van der Waals surface area contributed by atoms with Crippen LogP contribution >= 0.6 is 31.9 Å². The van der Waals surface area contributed by atoms with Gasteiger partial charge in [-0.2, -0.15) is 0 Å². The molecule has 17 rings (SSSR count). The summed E-state index contributed by atoms with van der Waals surface area (Å²) in [5.41, 5.74) is 15.6. The Hall–Kier alpha value is -11.2. The van der Waals surface area contributed by atoms with Gasteiger partial charge in [0.1, 0.15) is 0 Å². The standard InChI is InChI=1S/C51H35N3.C23H17Br2N3.C14H11BO2/c1-32-19-23-34(24-20-32)49-52-50(35-25-21-33(2)22-26-35)54-51(53-49)40-28-38(47-30-36-11-3-5-13-41(36)43-15-7-9-17-45(43)47)27-39(29-40)48-31-37-12-4-6-14-42(37)44-16-8-10-18-46(44)48;1-14-3-7-16(8-4-14)21-26-22(17-9-5-15(2)6-10-17)28-23(27-21)18-11-19(24)13-20(25)12-18;16-15(17)14-9-10-5-1-2-6-11(10)12-7-3-4-8-13(12)14/h3-31H,1-2H3;3-13H,1-2H3;1-9,16-17H. The van der Waals surface area contributed by atoms with Crippen LogP contribution in [0.1, 0.15) is 22.3 Å². The molecule has 0 aliphatic carbocycles. The topological polar surface area (TPSA) is 118 Å². The predicted molar refractivity (Wildman–Crippen MR) is 419 cm³/mol. The van der Waals surface area contributed by atoms with E-state index in [4.69, 9.17) is 29.9 Å². The van der Waals surface area contributed by atoms with E-state index in [0.29, 0.717) is 40.4 Å². The first-order valence-electron chi connectivity index (χ1n) is 32.8. The molecule has 8 nitrogen and oxygen atoms in total. The van der Waals surface area contributed by atoms with Crippen LogP contribution in [0.25, 0.3) is 155 Å². The van der Waals surface area contributed by atoms with Gasteiger partial charge in [-0.05, 0) is 169 Å². The molecule has 0 bridgehead atoms. The molecular formula is C88H63BBr2N6O2. The SMILES string of the molecule is Cc1ccc(-c2nc(-c3ccc(C)cc3)nc(-c3cc(-c4cc5ccccc5c5ccccc45)cc(-c4cc5ccccc5c5ccccc45)c3)n2)cc1.Cc1ccc(-c2nc(-c3ccc(C)cc3)nc(-c3cc(Br)cc(Br)c3)n2)cc1.OB(O)c1cc2ccccc2c2ccccc12. The van der Waals surface area contributed by atoms with Crippen molar-refractivity contribution in [3.8, 4) is 90.6 Å². The third kappa shape index (κ3) is 13.5. The Kier molecular flexibility index (Phi) is 17.9. The first-order valence-corrected chi connectivity index (χ1v) is 34.4. The van der Waals surface area contributed by atoms with E-state index in [1.165, 1.54) is 76.5 Å². The van der Waals surface area contributed by atoms with E-state index in [1.807, 2.05) is 97.1 Å². The second-order valence-electron chi connectivity index (χ2n) is 25.0. The van der Waals surface area contributed by atoms with Crippen molar-refractivity contribution in [2.75, 3.05) is 0 Å². The summed E-state index contributed by atoms with van der Waals surface area (Å²) in [6, 6.07) is 103. The summed E-state index contributed by atoms with van der Waals surface area (Å²) in [6.07, 6.45) is 0. The number of aryl methyl sites for hydroxylation is 4. The van der Waals surface area contributed by atoms with E-state index >= 15 is 0 Å². The molecule has 0 aliphatic heterocycles. The highest BCUT2D eigenvalue weighted by Gasteiger charge is 2.21. The van der Waals surface area contributed by atoms with Crippen LogP contribution in [-0.4, -0.2) is 47.1 Å². The number of benzene rings is 15. The lowest BCUT2D eigenvalue weighted by Crippen LogP contribution is -2.30. The van der Waals surface area contributed by atoms with Crippen molar-refractivity contribution in [1.29, 1.82) is 0 Å². The molecule has 99 heavy (non-hydrogen) atoms. The third-order valence-electron chi connectivity index (χ3n) is 18.1. The van der Waals surface area contributed by atoms with Gasteiger partial charge >= 0.3 is 7.12 Å². The molecule has 11 heteroatoms. The molecule has 0 aliphatic rings. The quantitative estimate of drug-likeness (QED) is 0.108. The molecule has 2 heterocycles. The summed E-state index contributed by atoms with van der Waals surface area (Å²) in [5, 5.41) is 32.8. The van der Waals surface area contributed by atoms with Crippen molar-refractivity contribution in [2.45, 2.75) is 27.7 Å². The zero-order chi connectivity index (χ0) is 67.7. The fourth-order valence-electron chi connectivity index (χ4n) is 13.0. The Morgan fingerprint density at radius 3 is 0.818 bits per heavy atom. The first kappa shape index (κ1) is 63.9. The maximum Gasteiger partial charge on any atom is 0.489 e. The number of aromatic nitrogens is 6. The smallest absolute Gasteiger partial charge is 0.423 e. The molecule has 0 saturated heterocycles. The maximum atomic E-state index is 9.44. The average Bonchev–Trinajstić information content (AvgIpc) is 0.756. The number of halogens is 2. The van der Waals surface area contributed by atoms with Crippen LogP contribution in [0.3, 0.4) is 0 Å². The molecule has 0 spiro atoms. The molecule has 0 atom stereocenters. The van der Waals surface area contributed by atoms with Crippen LogP contribution in [0.5, 0.6) is 0 Å². The summed E-state index contributed by atoms with van der Waals surface area (Å²) >= 11 is 7.10. The Bertz CT molecular complexity index is 5630. The fourth-order valence-corrected chi connectivity index (χ4v) is 14.3. The van der Waals surface area contributed by atoms with Gasteiger partial charge in [-0.3, -0.25) is 0 Å². The van der Waals surface area contributed by atoms with E-state index in [2.05, 4.69) is 260 Å². The highest BCUT2D eigenvalue weighted by molar-refractivity contribution is 9.11. The van der Waals surface area contributed by atoms with Gasteiger partial charge in [0.2, 0.25) is 0 Å². The highest BCUT2D eigenvalue weighted by Crippen LogP contribution is 2.42. The largest absolute Gasteiger partial charge is 0.489 e. The van der Waals surface area contributed by atoms with Gasteiger partial charge in [-0.1, -0.05) is 303 Å². The van der Waals surface area contributed by atoms with Gasteiger partial charge in [0.05, 0.1) is 0 Å². The molecule has 0 unspecified atom stereocenters.